The van der Waals surface area contributed by atoms with Crippen molar-refractivity contribution in [3.05, 3.63) is 95.6 Å². The number of benzene rings is 3. The molecule has 8 heteroatoms. The van der Waals surface area contributed by atoms with Crippen molar-refractivity contribution < 1.29 is 27.8 Å². The SMILES string of the molecule is O=C(OCC1c2ccccc2-c2ccccc21)N1[S@@](=O)OCC[C@]1(Cc1ccccc1)C(=O)O. The number of carbonyl (C=O) groups is 2. The number of nitrogens with zero attached hydrogens (tertiary/aromatic N) is 1. The molecule has 2 aliphatic rings. The standard InChI is InChI=1S/C26H23NO6S/c28-24(29)26(16-18-8-2-1-3-9-18)14-15-33-34(31)27(26)25(30)32-17-23-21-12-6-4-10-19(21)20-11-5-7-13-22(20)23/h1-13,23H,14-17H2,(H,28,29)/t26-,34-/m0/s1. The summed E-state index contributed by atoms with van der Waals surface area (Å²) in [7, 11) is 0. The molecule has 1 amide bonds. The van der Waals surface area contributed by atoms with E-state index in [0.29, 0.717) is 5.56 Å². The smallest absolute Gasteiger partial charge is 0.424 e. The normalized spacial score (nSPS) is 21.5. The molecule has 2 atom stereocenters. The van der Waals surface area contributed by atoms with Crippen LogP contribution in [0.25, 0.3) is 11.1 Å². The first kappa shape index (κ1) is 22.3. The van der Waals surface area contributed by atoms with E-state index in [9.17, 15) is 18.9 Å². The molecule has 34 heavy (non-hydrogen) atoms. The maximum absolute atomic E-state index is 13.3. The Balaban J connectivity index is 1.43. The van der Waals surface area contributed by atoms with Crippen molar-refractivity contribution in [2.75, 3.05) is 13.2 Å². The molecular formula is C26H23NO6S. The Morgan fingerprint density at radius 3 is 2.18 bits per heavy atom. The third kappa shape index (κ3) is 3.78. The summed E-state index contributed by atoms with van der Waals surface area (Å²) in [5.74, 6) is -1.45. The molecule has 0 radical (unpaired) electrons. The first-order valence-corrected chi connectivity index (χ1v) is 12.0. The first-order valence-electron chi connectivity index (χ1n) is 11.0. The van der Waals surface area contributed by atoms with E-state index in [1.54, 1.807) is 24.3 Å². The topological polar surface area (TPSA) is 93.1 Å². The maximum atomic E-state index is 13.3. The van der Waals surface area contributed by atoms with Gasteiger partial charge in [0, 0.05) is 18.8 Å². The first-order chi connectivity index (χ1) is 16.5. The fourth-order valence-corrected chi connectivity index (χ4v) is 5.86. The summed E-state index contributed by atoms with van der Waals surface area (Å²) in [6.45, 7) is -0.0551. The number of hydrogen-bond donors (Lipinski definition) is 1. The molecule has 3 aromatic carbocycles. The van der Waals surface area contributed by atoms with Gasteiger partial charge in [-0.05, 0) is 27.8 Å². The third-order valence-electron chi connectivity index (χ3n) is 6.48. The number of hydrogen-bond acceptors (Lipinski definition) is 5. The van der Waals surface area contributed by atoms with Crippen LogP contribution in [0, 0.1) is 0 Å². The summed E-state index contributed by atoms with van der Waals surface area (Å²) >= 11 is -2.29. The Bertz CT molecular complexity index is 1220. The largest absolute Gasteiger partial charge is 0.479 e. The second kappa shape index (κ2) is 9.04. The Hall–Kier alpha value is -3.49. The second-order valence-electron chi connectivity index (χ2n) is 8.39. The number of amides is 1. The summed E-state index contributed by atoms with van der Waals surface area (Å²) in [5.41, 5.74) is 3.18. The zero-order valence-electron chi connectivity index (χ0n) is 18.3. The van der Waals surface area contributed by atoms with E-state index in [-0.39, 0.29) is 32.0 Å². The Kier molecular flexibility index (Phi) is 5.93. The van der Waals surface area contributed by atoms with Crippen LogP contribution in [0.15, 0.2) is 78.9 Å². The van der Waals surface area contributed by atoms with E-state index < -0.39 is 28.9 Å². The molecule has 174 valence electrons. The predicted octanol–water partition coefficient (Wildman–Crippen LogP) is 4.30. The lowest BCUT2D eigenvalue weighted by Crippen LogP contribution is -2.62. The van der Waals surface area contributed by atoms with Gasteiger partial charge in [-0.1, -0.05) is 78.9 Å². The quantitative estimate of drug-likeness (QED) is 0.589. The maximum Gasteiger partial charge on any atom is 0.424 e. The van der Waals surface area contributed by atoms with E-state index in [1.165, 1.54) is 0 Å². The van der Waals surface area contributed by atoms with Crippen LogP contribution in [-0.2, 0) is 31.4 Å². The summed E-state index contributed by atoms with van der Waals surface area (Å²) < 4.78 is 24.4. The minimum absolute atomic E-state index is 0.00678. The average molecular weight is 478 g/mol. The molecule has 3 aromatic rings. The van der Waals surface area contributed by atoms with Crippen LogP contribution in [0.1, 0.15) is 29.0 Å². The van der Waals surface area contributed by atoms with Crippen LogP contribution < -0.4 is 0 Å². The number of carboxylic acid groups (broad SMARTS) is 1. The number of carboxylic acids is 1. The summed E-state index contributed by atoms with van der Waals surface area (Å²) in [4.78, 5) is 25.8. The van der Waals surface area contributed by atoms with E-state index in [2.05, 4.69) is 0 Å². The van der Waals surface area contributed by atoms with Gasteiger partial charge < -0.3 is 9.84 Å². The van der Waals surface area contributed by atoms with E-state index in [4.69, 9.17) is 8.92 Å². The minimum atomic E-state index is -2.29. The van der Waals surface area contributed by atoms with Crippen molar-refractivity contribution >= 4 is 23.3 Å². The summed E-state index contributed by atoms with van der Waals surface area (Å²) in [5, 5.41) is 10.2. The molecule has 0 unspecified atom stereocenters. The van der Waals surface area contributed by atoms with Gasteiger partial charge in [-0.2, -0.15) is 4.31 Å². The number of rotatable bonds is 5. The zero-order valence-corrected chi connectivity index (χ0v) is 19.1. The molecule has 0 saturated carbocycles. The van der Waals surface area contributed by atoms with Gasteiger partial charge in [0.2, 0.25) is 0 Å². The highest BCUT2D eigenvalue weighted by Gasteiger charge is 2.54. The van der Waals surface area contributed by atoms with Gasteiger partial charge in [0.05, 0.1) is 6.61 Å². The van der Waals surface area contributed by atoms with Gasteiger partial charge in [0.15, 0.2) is 5.54 Å². The number of carbonyl (C=O) groups excluding carboxylic acids is 1. The highest BCUT2D eigenvalue weighted by atomic mass is 32.2. The fraction of sp³-hybridized carbons (Fsp3) is 0.231. The molecule has 1 saturated heterocycles. The van der Waals surface area contributed by atoms with Crippen molar-refractivity contribution in [3.8, 4) is 11.1 Å². The molecule has 1 aliphatic heterocycles. The van der Waals surface area contributed by atoms with Gasteiger partial charge in [0.25, 0.3) is 11.3 Å². The van der Waals surface area contributed by atoms with Crippen LogP contribution >= 0.6 is 0 Å². The molecule has 1 N–H and O–H groups in total. The highest BCUT2D eigenvalue weighted by molar-refractivity contribution is 7.78. The van der Waals surface area contributed by atoms with Crippen LogP contribution in [0.3, 0.4) is 0 Å². The monoisotopic (exact) mass is 477 g/mol. The third-order valence-corrected chi connectivity index (χ3v) is 7.64. The van der Waals surface area contributed by atoms with Crippen molar-refractivity contribution in [2.45, 2.75) is 24.3 Å². The molecule has 1 heterocycles. The average Bonchev–Trinajstić information content (AvgIpc) is 3.17. The highest BCUT2D eigenvalue weighted by Crippen LogP contribution is 2.44. The second-order valence-corrected chi connectivity index (χ2v) is 9.42. The Labute approximate surface area is 199 Å². The molecule has 5 rings (SSSR count). The lowest BCUT2D eigenvalue weighted by molar-refractivity contribution is -0.149. The lowest BCUT2D eigenvalue weighted by atomic mass is 9.87. The summed E-state index contributed by atoms with van der Waals surface area (Å²) in [6.07, 6.45) is -0.992. The van der Waals surface area contributed by atoms with Crippen molar-refractivity contribution in [1.29, 1.82) is 0 Å². The van der Waals surface area contributed by atoms with Crippen LogP contribution in [0.5, 0.6) is 0 Å². The molecule has 0 aromatic heterocycles. The minimum Gasteiger partial charge on any atom is -0.479 e. The van der Waals surface area contributed by atoms with Gasteiger partial charge in [-0.15, -0.1) is 0 Å². The van der Waals surface area contributed by atoms with E-state index in [1.807, 2.05) is 54.6 Å². The zero-order chi connectivity index (χ0) is 23.7. The fourth-order valence-electron chi connectivity index (χ4n) is 4.83. The van der Waals surface area contributed by atoms with Gasteiger partial charge in [-0.3, -0.25) is 4.18 Å². The van der Waals surface area contributed by atoms with Crippen molar-refractivity contribution in [3.63, 3.8) is 0 Å². The van der Waals surface area contributed by atoms with Crippen LogP contribution in [-0.4, -0.2) is 44.4 Å². The summed E-state index contributed by atoms with van der Waals surface area (Å²) in [6, 6.07) is 24.8. The molecular weight excluding hydrogens is 454 g/mol. The molecule has 0 spiro atoms. The molecule has 7 nitrogen and oxygen atoms in total. The number of aliphatic carboxylic acids is 1. The molecule has 1 fully saturated rings. The van der Waals surface area contributed by atoms with Crippen molar-refractivity contribution in [1.82, 2.24) is 4.31 Å². The van der Waals surface area contributed by atoms with Gasteiger partial charge in [0.1, 0.15) is 6.61 Å². The number of ether oxygens (including phenoxy) is 1. The van der Waals surface area contributed by atoms with Gasteiger partial charge in [-0.25, -0.2) is 13.8 Å². The van der Waals surface area contributed by atoms with Crippen LogP contribution in [0.4, 0.5) is 4.79 Å². The Morgan fingerprint density at radius 1 is 0.971 bits per heavy atom. The predicted molar refractivity (Wildman–Crippen MR) is 126 cm³/mol. The van der Waals surface area contributed by atoms with E-state index in [0.717, 1.165) is 26.6 Å². The lowest BCUT2D eigenvalue weighted by Gasteiger charge is -2.41. The van der Waals surface area contributed by atoms with Crippen LogP contribution in [0.2, 0.25) is 0 Å². The number of fused-ring (bicyclic) bond motifs is 3. The van der Waals surface area contributed by atoms with Gasteiger partial charge >= 0.3 is 12.1 Å². The Morgan fingerprint density at radius 2 is 1.56 bits per heavy atom. The molecule has 1 aliphatic carbocycles. The molecule has 0 bridgehead atoms. The van der Waals surface area contributed by atoms with E-state index >= 15 is 0 Å². The van der Waals surface area contributed by atoms with Crippen molar-refractivity contribution in [2.24, 2.45) is 0 Å².